The highest BCUT2D eigenvalue weighted by Gasteiger charge is 2.02. The molecule has 4 nitrogen and oxygen atoms in total. The van der Waals surface area contributed by atoms with Crippen molar-refractivity contribution >= 4 is 11.6 Å². The quantitative estimate of drug-likeness (QED) is 0.694. The molecular weight excluding hydrogens is 166 g/mol. The fraction of sp³-hybridized carbons (Fsp3) is 0.111. The van der Waals surface area contributed by atoms with Crippen molar-refractivity contribution in [2.75, 3.05) is 0 Å². The lowest BCUT2D eigenvalue weighted by Gasteiger charge is -1.95. The average molecular weight is 175 g/mol. The first kappa shape index (κ1) is 7.79. The Morgan fingerprint density at radius 3 is 2.92 bits per heavy atom. The molecule has 4 heteroatoms. The molecule has 0 aromatic carbocycles. The molecule has 13 heavy (non-hydrogen) atoms. The van der Waals surface area contributed by atoms with Crippen LogP contribution in [0.1, 0.15) is 16.1 Å². The van der Waals surface area contributed by atoms with Gasteiger partial charge in [0.15, 0.2) is 0 Å². The Labute approximate surface area is 75.0 Å². The van der Waals surface area contributed by atoms with Gasteiger partial charge in [-0.2, -0.15) is 0 Å². The zero-order valence-electron chi connectivity index (χ0n) is 7.19. The maximum absolute atomic E-state index is 10.8. The number of aromatic nitrogens is 2. The van der Waals surface area contributed by atoms with Gasteiger partial charge in [0.05, 0.1) is 11.3 Å². The molecule has 0 aliphatic carbocycles. The van der Waals surface area contributed by atoms with Crippen molar-refractivity contribution in [3.05, 3.63) is 35.8 Å². The van der Waals surface area contributed by atoms with Crippen LogP contribution in [-0.2, 0) is 0 Å². The molecule has 1 amide bonds. The van der Waals surface area contributed by atoms with E-state index in [0.29, 0.717) is 5.56 Å². The zero-order valence-corrected chi connectivity index (χ0v) is 7.19. The summed E-state index contributed by atoms with van der Waals surface area (Å²) in [6.45, 7) is 1.90. The summed E-state index contributed by atoms with van der Waals surface area (Å²) in [4.78, 5) is 15.1. The molecule has 0 saturated heterocycles. The summed E-state index contributed by atoms with van der Waals surface area (Å²) in [6, 6.07) is 3.44. The summed E-state index contributed by atoms with van der Waals surface area (Å²) < 4.78 is 1.79. The molecular formula is C9H9N3O. The molecule has 0 spiro atoms. The van der Waals surface area contributed by atoms with Crippen LogP contribution in [0, 0.1) is 6.92 Å². The van der Waals surface area contributed by atoms with Crippen LogP contribution in [0.25, 0.3) is 5.65 Å². The molecule has 0 aliphatic heterocycles. The van der Waals surface area contributed by atoms with Gasteiger partial charge < -0.3 is 10.1 Å². The molecule has 0 bridgehead atoms. The van der Waals surface area contributed by atoms with Crippen LogP contribution in [0.4, 0.5) is 0 Å². The first-order valence-electron chi connectivity index (χ1n) is 3.92. The number of nitrogens with zero attached hydrogens (tertiary/aromatic N) is 2. The van der Waals surface area contributed by atoms with E-state index >= 15 is 0 Å². The number of carbonyl (C=O) groups excluding carboxylic acids is 1. The SMILES string of the molecule is Cc1cn2cc(C(N)=O)ccc2n1. The maximum atomic E-state index is 10.8. The normalized spacial score (nSPS) is 10.5. The van der Waals surface area contributed by atoms with E-state index in [9.17, 15) is 4.79 Å². The molecule has 2 N–H and O–H groups in total. The van der Waals surface area contributed by atoms with Crippen LogP contribution < -0.4 is 5.73 Å². The number of hydrogen-bond acceptors (Lipinski definition) is 2. The van der Waals surface area contributed by atoms with Gasteiger partial charge in [-0.1, -0.05) is 0 Å². The molecule has 0 aliphatic rings. The first-order chi connectivity index (χ1) is 6.16. The summed E-state index contributed by atoms with van der Waals surface area (Å²) in [6.07, 6.45) is 3.53. The number of rotatable bonds is 1. The van der Waals surface area contributed by atoms with E-state index < -0.39 is 5.91 Å². The Morgan fingerprint density at radius 2 is 2.23 bits per heavy atom. The van der Waals surface area contributed by atoms with Crippen molar-refractivity contribution < 1.29 is 4.79 Å². The summed E-state index contributed by atoms with van der Waals surface area (Å²) in [5.41, 5.74) is 7.37. The van der Waals surface area contributed by atoms with Crippen LogP contribution in [0.15, 0.2) is 24.5 Å². The maximum Gasteiger partial charge on any atom is 0.250 e. The topological polar surface area (TPSA) is 60.4 Å². The highest BCUT2D eigenvalue weighted by atomic mass is 16.1. The van der Waals surface area contributed by atoms with E-state index in [1.54, 1.807) is 22.7 Å². The number of fused-ring (bicyclic) bond motifs is 1. The van der Waals surface area contributed by atoms with Gasteiger partial charge >= 0.3 is 0 Å². The monoisotopic (exact) mass is 175 g/mol. The number of carbonyl (C=O) groups is 1. The van der Waals surface area contributed by atoms with Gasteiger partial charge in [-0.15, -0.1) is 0 Å². The average Bonchev–Trinajstić information content (AvgIpc) is 2.42. The van der Waals surface area contributed by atoms with Crippen molar-refractivity contribution in [1.29, 1.82) is 0 Å². The Bertz CT molecular complexity index is 473. The Balaban J connectivity index is 2.67. The van der Waals surface area contributed by atoms with Gasteiger partial charge in [-0.25, -0.2) is 4.98 Å². The largest absolute Gasteiger partial charge is 0.366 e. The molecule has 2 aromatic rings. The molecule has 66 valence electrons. The van der Waals surface area contributed by atoms with E-state index in [4.69, 9.17) is 5.73 Å². The van der Waals surface area contributed by atoms with Crippen molar-refractivity contribution in [3.63, 3.8) is 0 Å². The Morgan fingerprint density at radius 1 is 1.46 bits per heavy atom. The summed E-state index contributed by atoms with van der Waals surface area (Å²) in [5, 5.41) is 0. The highest BCUT2D eigenvalue weighted by Crippen LogP contribution is 2.06. The Kier molecular flexibility index (Phi) is 1.55. The molecule has 0 unspecified atom stereocenters. The van der Waals surface area contributed by atoms with E-state index in [1.165, 1.54) is 0 Å². The summed E-state index contributed by atoms with van der Waals surface area (Å²) >= 11 is 0. The fourth-order valence-electron chi connectivity index (χ4n) is 1.26. The van der Waals surface area contributed by atoms with Gasteiger partial charge in [-0.05, 0) is 19.1 Å². The van der Waals surface area contributed by atoms with Crippen LogP contribution in [0.5, 0.6) is 0 Å². The van der Waals surface area contributed by atoms with Crippen LogP contribution in [0.3, 0.4) is 0 Å². The van der Waals surface area contributed by atoms with Gasteiger partial charge in [-0.3, -0.25) is 4.79 Å². The number of nitrogens with two attached hydrogens (primary N) is 1. The number of primary amides is 1. The molecule has 0 fully saturated rings. The van der Waals surface area contributed by atoms with Gasteiger partial charge in [0.1, 0.15) is 5.65 Å². The van der Waals surface area contributed by atoms with Gasteiger partial charge in [0.2, 0.25) is 5.91 Å². The standard InChI is InChI=1S/C9H9N3O/c1-6-4-12-5-7(9(10)13)2-3-8(12)11-6/h2-5H,1H3,(H2,10,13). The Hall–Kier alpha value is -1.84. The van der Waals surface area contributed by atoms with Crippen LogP contribution >= 0.6 is 0 Å². The second-order valence-electron chi connectivity index (χ2n) is 2.93. The third kappa shape index (κ3) is 1.26. The van der Waals surface area contributed by atoms with Crippen molar-refractivity contribution in [2.45, 2.75) is 6.92 Å². The molecule has 0 radical (unpaired) electrons. The van der Waals surface area contributed by atoms with Crippen LogP contribution in [0.2, 0.25) is 0 Å². The number of aryl methyl sites for hydroxylation is 1. The minimum Gasteiger partial charge on any atom is -0.366 e. The number of amides is 1. The van der Waals surface area contributed by atoms with Gasteiger partial charge in [0, 0.05) is 12.4 Å². The minimum absolute atomic E-state index is 0.423. The lowest BCUT2D eigenvalue weighted by Crippen LogP contribution is -2.11. The van der Waals surface area contributed by atoms with E-state index in [1.807, 2.05) is 13.1 Å². The molecule has 2 rings (SSSR count). The second kappa shape index (κ2) is 2.58. The number of imidazole rings is 1. The molecule has 0 saturated carbocycles. The minimum atomic E-state index is -0.423. The van der Waals surface area contributed by atoms with Crippen molar-refractivity contribution in [3.8, 4) is 0 Å². The molecule has 0 atom stereocenters. The fourth-order valence-corrected chi connectivity index (χ4v) is 1.26. The highest BCUT2D eigenvalue weighted by molar-refractivity contribution is 5.92. The summed E-state index contributed by atoms with van der Waals surface area (Å²) in [7, 11) is 0. The molecule has 2 heterocycles. The third-order valence-electron chi connectivity index (χ3n) is 1.86. The second-order valence-corrected chi connectivity index (χ2v) is 2.93. The zero-order chi connectivity index (χ0) is 9.42. The smallest absolute Gasteiger partial charge is 0.250 e. The van der Waals surface area contributed by atoms with E-state index in [0.717, 1.165) is 11.3 Å². The van der Waals surface area contributed by atoms with Gasteiger partial charge in [0.25, 0.3) is 0 Å². The predicted octanol–water partition coefficient (Wildman–Crippen LogP) is 0.742. The number of hydrogen-bond donors (Lipinski definition) is 1. The lowest BCUT2D eigenvalue weighted by atomic mass is 10.3. The van der Waals surface area contributed by atoms with E-state index in [2.05, 4.69) is 4.98 Å². The number of pyridine rings is 1. The molecule has 2 aromatic heterocycles. The third-order valence-corrected chi connectivity index (χ3v) is 1.86. The van der Waals surface area contributed by atoms with Crippen molar-refractivity contribution in [2.24, 2.45) is 5.73 Å². The first-order valence-corrected chi connectivity index (χ1v) is 3.92. The summed E-state index contributed by atoms with van der Waals surface area (Å²) in [5.74, 6) is -0.423. The predicted molar refractivity (Wildman–Crippen MR) is 48.4 cm³/mol. The van der Waals surface area contributed by atoms with E-state index in [-0.39, 0.29) is 0 Å². The van der Waals surface area contributed by atoms with Crippen LogP contribution in [-0.4, -0.2) is 15.3 Å². The van der Waals surface area contributed by atoms with Crippen molar-refractivity contribution in [1.82, 2.24) is 9.38 Å². The lowest BCUT2D eigenvalue weighted by molar-refractivity contribution is 0.1000.